The average Bonchev–Trinajstić information content (AvgIpc) is 3.00. The number of hydrogen-bond acceptors (Lipinski definition) is 8. The number of aromatic nitrogens is 3. The van der Waals surface area contributed by atoms with E-state index in [0.717, 1.165) is 0 Å². The zero-order chi connectivity index (χ0) is 14.6. The van der Waals surface area contributed by atoms with Crippen LogP contribution in [0.4, 0.5) is 0 Å². The SMILES string of the molecule is N.O=P1(O)OC[C@H]2O[C@@H](n3nc4ccccc4n3)[C@H](O)[C@@H]2O1. The number of phosphoric ester groups is 1. The Morgan fingerprint density at radius 1 is 1.27 bits per heavy atom. The molecule has 0 aliphatic carbocycles. The van der Waals surface area contributed by atoms with Gasteiger partial charge in [-0.25, -0.2) is 4.57 Å². The monoisotopic (exact) mass is 330 g/mol. The molecule has 3 heterocycles. The Hall–Kier alpha value is -1.39. The van der Waals surface area contributed by atoms with Crippen molar-refractivity contribution < 1.29 is 28.3 Å². The molecule has 0 bridgehead atoms. The summed E-state index contributed by atoms with van der Waals surface area (Å²) in [5, 5.41) is 18.7. The molecule has 4 rings (SSSR count). The second kappa shape index (κ2) is 5.36. The number of benzene rings is 1. The molecule has 120 valence electrons. The van der Waals surface area contributed by atoms with Crippen LogP contribution in [0.5, 0.6) is 0 Å². The Kier molecular flexibility index (Phi) is 3.77. The van der Waals surface area contributed by atoms with Crippen LogP contribution in [0.25, 0.3) is 11.0 Å². The second-order valence-corrected chi connectivity index (χ2v) is 6.31. The average molecular weight is 330 g/mol. The lowest BCUT2D eigenvalue weighted by molar-refractivity contribution is -0.0746. The van der Waals surface area contributed by atoms with Crippen molar-refractivity contribution in [2.24, 2.45) is 0 Å². The Balaban J connectivity index is 0.00000144. The van der Waals surface area contributed by atoms with Gasteiger partial charge < -0.3 is 20.9 Å². The summed E-state index contributed by atoms with van der Waals surface area (Å²) in [5.41, 5.74) is 1.32. The van der Waals surface area contributed by atoms with Gasteiger partial charge in [-0.05, 0) is 12.1 Å². The summed E-state index contributed by atoms with van der Waals surface area (Å²) in [6, 6.07) is 7.22. The van der Waals surface area contributed by atoms with Crippen molar-refractivity contribution in [3.63, 3.8) is 0 Å². The number of aliphatic hydroxyl groups excluding tert-OH is 1. The molecule has 1 unspecified atom stereocenters. The molecule has 2 aliphatic rings. The maximum absolute atomic E-state index is 11.4. The molecule has 0 radical (unpaired) electrons. The molecule has 22 heavy (non-hydrogen) atoms. The molecule has 2 aromatic rings. The van der Waals surface area contributed by atoms with E-state index in [4.69, 9.17) is 9.26 Å². The van der Waals surface area contributed by atoms with E-state index < -0.39 is 32.4 Å². The summed E-state index contributed by atoms with van der Waals surface area (Å²) in [6.45, 7) is -0.132. The number of fused-ring (bicyclic) bond motifs is 2. The number of nitrogens with zero attached hydrogens (tertiary/aromatic N) is 3. The van der Waals surface area contributed by atoms with Gasteiger partial charge in [0.05, 0.1) is 6.61 Å². The third-order valence-corrected chi connectivity index (χ3v) is 4.48. The maximum atomic E-state index is 11.4. The lowest BCUT2D eigenvalue weighted by Crippen LogP contribution is -2.39. The summed E-state index contributed by atoms with van der Waals surface area (Å²) < 4.78 is 26.6. The standard InChI is InChI=1S/C11H12N3O6P.H3N/c15-9-10-8(5-18-21(16,17)20-10)19-11(9)14-12-6-3-1-2-4-7(6)13-14;/h1-4,8-11,15H,5H2,(H,16,17);1H3/t8-,9-,10-,11-;/m1./s1. The van der Waals surface area contributed by atoms with E-state index in [2.05, 4.69) is 14.7 Å². The molecule has 0 amide bonds. The molecule has 11 heteroatoms. The van der Waals surface area contributed by atoms with Gasteiger partial charge in [-0.3, -0.25) is 9.05 Å². The topological polar surface area (TPSA) is 151 Å². The quantitative estimate of drug-likeness (QED) is 0.630. The first-order chi connectivity index (χ1) is 10.0. The van der Waals surface area contributed by atoms with Gasteiger partial charge in [0, 0.05) is 0 Å². The van der Waals surface area contributed by atoms with Crippen LogP contribution in [0.1, 0.15) is 6.23 Å². The van der Waals surface area contributed by atoms with Crippen LogP contribution in [-0.2, 0) is 18.3 Å². The van der Waals surface area contributed by atoms with Gasteiger partial charge >= 0.3 is 7.82 Å². The van der Waals surface area contributed by atoms with Crippen molar-refractivity contribution in [1.29, 1.82) is 0 Å². The molecule has 10 nitrogen and oxygen atoms in total. The van der Waals surface area contributed by atoms with E-state index in [0.29, 0.717) is 11.0 Å². The molecule has 2 saturated heterocycles. The van der Waals surface area contributed by atoms with E-state index in [9.17, 15) is 14.6 Å². The van der Waals surface area contributed by atoms with Gasteiger partial charge in [-0.1, -0.05) is 12.1 Å². The molecular weight excluding hydrogens is 315 g/mol. The molecule has 1 aromatic heterocycles. The number of aliphatic hydroxyl groups is 1. The third kappa shape index (κ3) is 2.44. The summed E-state index contributed by atoms with van der Waals surface area (Å²) in [6.07, 6.45) is -3.66. The molecular formula is C11H15N4O6P. The van der Waals surface area contributed by atoms with Crippen LogP contribution in [-0.4, -0.2) is 49.9 Å². The molecule has 2 fully saturated rings. The maximum Gasteiger partial charge on any atom is 0.472 e. The Bertz CT molecular complexity index is 705. The molecule has 0 spiro atoms. The predicted molar refractivity (Wildman–Crippen MR) is 73.1 cm³/mol. The smallest absolute Gasteiger partial charge is 0.385 e. The summed E-state index contributed by atoms with van der Waals surface area (Å²) in [7, 11) is -4.13. The molecule has 2 aliphatic heterocycles. The van der Waals surface area contributed by atoms with Gasteiger partial charge in [-0.2, -0.15) is 15.0 Å². The number of hydrogen-bond donors (Lipinski definition) is 3. The van der Waals surface area contributed by atoms with Gasteiger partial charge in [0.15, 0.2) is 6.23 Å². The second-order valence-electron chi connectivity index (χ2n) is 4.90. The van der Waals surface area contributed by atoms with Crippen LogP contribution in [0.15, 0.2) is 24.3 Å². The lowest BCUT2D eigenvalue weighted by Gasteiger charge is -2.27. The Morgan fingerprint density at radius 3 is 2.55 bits per heavy atom. The lowest BCUT2D eigenvalue weighted by atomic mass is 10.1. The van der Waals surface area contributed by atoms with E-state index in [-0.39, 0.29) is 12.8 Å². The highest BCUT2D eigenvalue weighted by Crippen LogP contribution is 2.52. The zero-order valence-electron chi connectivity index (χ0n) is 11.3. The minimum atomic E-state index is -4.13. The first-order valence-corrected chi connectivity index (χ1v) is 7.84. The van der Waals surface area contributed by atoms with Crippen LogP contribution in [0.2, 0.25) is 0 Å². The number of phosphoric acid groups is 1. The molecule has 5 atom stereocenters. The van der Waals surface area contributed by atoms with Crippen LogP contribution in [0, 0.1) is 0 Å². The van der Waals surface area contributed by atoms with E-state index in [1.54, 1.807) is 12.1 Å². The largest absolute Gasteiger partial charge is 0.472 e. The zero-order valence-corrected chi connectivity index (χ0v) is 12.2. The fraction of sp³-hybridized carbons (Fsp3) is 0.455. The van der Waals surface area contributed by atoms with Crippen molar-refractivity contribution in [2.75, 3.05) is 6.61 Å². The normalized spacial score (nSPS) is 37.7. The van der Waals surface area contributed by atoms with E-state index in [1.165, 1.54) is 4.80 Å². The number of rotatable bonds is 1. The van der Waals surface area contributed by atoms with Gasteiger partial charge in [0.25, 0.3) is 0 Å². The van der Waals surface area contributed by atoms with Crippen molar-refractivity contribution in [2.45, 2.75) is 24.5 Å². The van der Waals surface area contributed by atoms with Crippen molar-refractivity contribution in [3.05, 3.63) is 24.3 Å². The minimum absolute atomic E-state index is 0. The van der Waals surface area contributed by atoms with Crippen LogP contribution in [0.3, 0.4) is 0 Å². The Labute approximate surface area is 124 Å². The van der Waals surface area contributed by atoms with Crippen LogP contribution >= 0.6 is 7.82 Å². The summed E-state index contributed by atoms with van der Waals surface area (Å²) in [5.74, 6) is 0. The van der Waals surface area contributed by atoms with Crippen molar-refractivity contribution in [1.82, 2.24) is 21.1 Å². The highest BCUT2D eigenvalue weighted by Gasteiger charge is 2.53. The van der Waals surface area contributed by atoms with Gasteiger partial charge in [0.2, 0.25) is 0 Å². The summed E-state index contributed by atoms with van der Waals surface area (Å²) >= 11 is 0. The first kappa shape index (κ1) is 15.5. The molecule has 5 N–H and O–H groups in total. The van der Waals surface area contributed by atoms with Crippen LogP contribution < -0.4 is 6.15 Å². The van der Waals surface area contributed by atoms with Crippen molar-refractivity contribution >= 4 is 18.9 Å². The van der Waals surface area contributed by atoms with Gasteiger partial charge in [-0.15, -0.1) is 0 Å². The highest BCUT2D eigenvalue weighted by atomic mass is 31.2. The fourth-order valence-electron chi connectivity index (χ4n) is 2.52. The Morgan fingerprint density at radius 2 is 1.91 bits per heavy atom. The fourth-order valence-corrected chi connectivity index (χ4v) is 3.48. The van der Waals surface area contributed by atoms with Gasteiger partial charge in [0.1, 0.15) is 29.3 Å². The van der Waals surface area contributed by atoms with Crippen molar-refractivity contribution in [3.8, 4) is 0 Å². The number of ether oxygens (including phenoxy) is 1. The van der Waals surface area contributed by atoms with E-state index in [1.807, 2.05) is 12.1 Å². The summed E-state index contributed by atoms with van der Waals surface area (Å²) in [4.78, 5) is 10.6. The first-order valence-electron chi connectivity index (χ1n) is 6.34. The van der Waals surface area contributed by atoms with E-state index >= 15 is 0 Å². The predicted octanol–water partition coefficient (Wildman–Crippen LogP) is 0.367. The minimum Gasteiger partial charge on any atom is -0.385 e. The third-order valence-electron chi connectivity index (χ3n) is 3.50. The molecule has 1 aromatic carbocycles. The molecule has 0 saturated carbocycles. The highest BCUT2D eigenvalue weighted by molar-refractivity contribution is 7.47.